The molecule has 0 radical (unpaired) electrons. The number of rotatable bonds is 3. The van der Waals surface area contributed by atoms with Gasteiger partial charge in [0.25, 0.3) is 0 Å². The molecule has 0 bridgehead atoms. The highest BCUT2D eigenvalue weighted by Crippen LogP contribution is 2.27. The molecule has 1 N–H and O–H groups in total. The third kappa shape index (κ3) is 3.42. The topological polar surface area (TPSA) is 36.4 Å². The summed E-state index contributed by atoms with van der Waals surface area (Å²) in [6.07, 6.45) is 6.21. The van der Waals surface area contributed by atoms with E-state index in [1.807, 2.05) is 24.4 Å². The molecule has 1 fully saturated rings. The molecule has 3 nitrogen and oxygen atoms in total. The van der Waals surface area contributed by atoms with Crippen LogP contribution in [-0.4, -0.2) is 28.1 Å². The number of aromatic hydroxyl groups is 1. The van der Waals surface area contributed by atoms with Gasteiger partial charge in [0.2, 0.25) is 0 Å². The number of nitrogens with zero attached hydrogens (tertiary/aromatic N) is 2. The predicted octanol–water partition coefficient (Wildman–Crippen LogP) is 3.69. The normalized spacial score (nSPS) is 19.6. The predicted molar refractivity (Wildman–Crippen MR) is 85.0 cm³/mol. The summed E-state index contributed by atoms with van der Waals surface area (Å²) in [7, 11) is 0. The molecule has 1 aromatic heterocycles. The summed E-state index contributed by atoms with van der Waals surface area (Å²) in [5.74, 6) is 1.14. The summed E-state index contributed by atoms with van der Waals surface area (Å²) >= 11 is 0. The summed E-state index contributed by atoms with van der Waals surface area (Å²) in [6, 6.07) is 9.83. The number of phenols is 1. The van der Waals surface area contributed by atoms with Crippen molar-refractivity contribution in [2.45, 2.75) is 26.3 Å². The average Bonchev–Trinajstić information content (AvgIpc) is 2.50. The van der Waals surface area contributed by atoms with Crippen molar-refractivity contribution in [1.29, 1.82) is 0 Å². The van der Waals surface area contributed by atoms with Gasteiger partial charge in [-0.15, -0.1) is 0 Å². The molecule has 2 heterocycles. The number of aromatic nitrogens is 1. The summed E-state index contributed by atoms with van der Waals surface area (Å²) < 4.78 is 0. The number of benzene rings is 1. The molecule has 0 spiro atoms. The molecule has 2 aromatic rings. The minimum absolute atomic E-state index is 0.390. The lowest BCUT2D eigenvalue weighted by atomic mass is 9.99. The van der Waals surface area contributed by atoms with Crippen LogP contribution in [0.3, 0.4) is 0 Å². The lowest BCUT2D eigenvalue weighted by Gasteiger charge is -2.31. The highest BCUT2D eigenvalue weighted by Gasteiger charge is 2.17. The second-order valence-electron chi connectivity index (χ2n) is 6.07. The Hall–Kier alpha value is -1.87. The molecule has 0 saturated carbocycles. The van der Waals surface area contributed by atoms with E-state index in [1.54, 1.807) is 12.3 Å². The Labute approximate surface area is 126 Å². The number of piperidine rings is 1. The molecule has 3 heteroatoms. The Morgan fingerprint density at radius 2 is 2.19 bits per heavy atom. The van der Waals surface area contributed by atoms with Crippen molar-refractivity contribution in [3.8, 4) is 16.9 Å². The van der Waals surface area contributed by atoms with Crippen molar-refractivity contribution < 1.29 is 5.11 Å². The van der Waals surface area contributed by atoms with Gasteiger partial charge in [-0.05, 0) is 49.1 Å². The number of phenolic OH excluding ortho intramolecular Hbond substituents is 1. The maximum absolute atomic E-state index is 10.1. The van der Waals surface area contributed by atoms with Gasteiger partial charge < -0.3 is 5.11 Å². The molecule has 0 aliphatic carbocycles. The average molecular weight is 282 g/mol. The molecule has 1 aromatic carbocycles. The van der Waals surface area contributed by atoms with Crippen molar-refractivity contribution in [3.05, 3.63) is 48.3 Å². The van der Waals surface area contributed by atoms with Gasteiger partial charge in [0.15, 0.2) is 0 Å². The van der Waals surface area contributed by atoms with E-state index in [0.717, 1.165) is 42.2 Å². The van der Waals surface area contributed by atoms with Gasteiger partial charge in [0, 0.05) is 36.6 Å². The molecule has 3 rings (SSSR count). The summed E-state index contributed by atoms with van der Waals surface area (Å²) in [6.45, 7) is 5.37. The zero-order chi connectivity index (χ0) is 14.7. The highest BCUT2D eigenvalue weighted by atomic mass is 16.3. The first kappa shape index (κ1) is 14.1. The van der Waals surface area contributed by atoms with Crippen LogP contribution in [0.25, 0.3) is 11.1 Å². The van der Waals surface area contributed by atoms with E-state index in [1.165, 1.54) is 12.8 Å². The molecule has 1 saturated heterocycles. The molecule has 1 aliphatic heterocycles. The Bertz CT molecular complexity index is 597. The Morgan fingerprint density at radius 3 is 2.95 bits per heavy atom. The van der Waals surface area contributed by atoms with Crippen molar-refractivity contribution in [2.24, 2.45) is 5.92 Å². The van der Waals surface area contributed by atoms with E-state index < -0.39 is 0 Å². The van der Waals surface area contributed by atoms with Crippen LogP contribution in [0.15, 0.2) is 42.7 Å². The minimum Gasteiger partial charge on any atom is -0.508 e. The first-order valence-electron chi connectivity index (χ1n) is 7.67. The van der Waals surface area contributed by atoms with E-state index in [-0.39, 0.29) is 0 Å². The number of hydrogen-bond acceptors (Lipinski definition) is 3. The maximum Gasteiger partial charge on any atom is 0.120 e. The van der Waals surface area contributed by atoms with Crippen LogP contribution in [0, 0.1) is 5.92 Å². The van der Waals surface area contributed by atoms with E-state index >= 15 is 0 Å². The maximum atomic E-state index is 10.1. The third-order valence-electron chi connectivity index (χ3n) is 4.21. The largest absolute Gasteiger partial charge is 0.508 e. The Morgan fingerprint density at radius 1 is 1.29 bits per heavy atom. The summed E-state index contributed by atoms with van der Waals surface area (Å²) in [5.41, 5.74) is 3.21. The van der Waals surface area contributed by atoms with E-state index in [2.05, 4.69) is 22.9 Å². The standard InChI is InChI=1S/C18H22N2O/c1-14-4-3-9-20(12-14)13-17-10-15(6-7-18(17)21)16-5-2-8-19-11-16/h2,5-8,10-11,14,21H,3-4,9,12-13H2,1H3/t14-/m1/s1. The van der Waals surface area contributed by atoms with E-state index in [9.17, 15) is 5.11 Å². The monoisotopic (exact) mass is 282 g/mol. The second-order valence-corrected chi connectivity index (χ2v) is 6.07. The highest BCUT2D eigenvalue weighted by molar-refractivity contribution is 5.64. The molecule has 21 heavy (non-hydrogen) atoms. The summed E-state index contributed by atoms with van der Waals surface area (Å²) in [5, 5.41) is 10.1. The van der Waals surface area contributed by atoms with E-state index in [0.29, 0.717) is 5.75 Å². The molecule has 110 valence electrons. The molecule has 0 amide bonds. The molecule has 1 atom stereocenters. The Balaban J connectivity index is 1.81. The van der Waals surface area contributed by atoms with Crippen LogP contribution in [-0.2, 0) is 6.54 Å². The summed E-state index contributed by atoms with van der Waals surface area (Å²) in [4.78, 5) is 6.61. The van der Waals surface area contributed by atoms with Crippen LogP contribution < -0.4 is 0 Å². The minimum atomic E-state index is 0.390. The van der Waals surface area contributed by atoms with Crippen LogP contribution in [0.5, 0.6) is 5.75 Å². The van der Waals surface area contributed by atoms with Gasteiger partial charge in [0.1, 0.15) is 5.75 Å². The third-order valence-corrected chi connectivity index (χ3v) is 4.21. The fourth-order valence-electron chi connectivity index (χ4n) is 3.10. The van der Waals surface area contributed by atoms with Crippen LogP contribution in [0.1, 0.15) is 25.3 Å². The first-order chi connectivity index (χ1) is 10.2. The fourth-order valence-corrected chi connectivity index (χ4v) is 3.10. The fraction of sp³-hybridized carbons (Fsp3) is 0.389. The van der Waals surface area contributed by atoms with Gasteiger partial charge in [-0.1, -0.05) is 19.1 Å². The van der Waals surface area contributed by atoms with Crippen molar-refractivity contribution in [1.82, 2.24) is 9.88 Å². The van der Waals surface area contributed by atoms with Gasteiger partial charge in [0.05, 0.1) is 0 Å². The van der Waals surface area contributed by atoms with Crippen molar-refractivity contribution in [2.75, 3.05) is 13.1 Å². The van der Waals surface area contributed by atoms with Crippen LogP contribution >= 0.6 is 0 Å². The zero-order valence-electron chi connectivity index (χ0n) is 12.5. The smallest absolute Gasteiger partial charge is 0.120 e. The first-order valence-corrected chi connectivity index (χ1v) is 7.67. The van der Waals surface area contributed by atoms with Gasteiger partial charge in [-0.2, -0.15) is 0 Å². The van der Waals surface area contributed by atoms with Gasteiger partial charge in [-0.3, -0.25) is 9.88 Å². The Kier molecular flexibility index (Phi) is 4.20. The second kappa shape index (κ2) is 6.27. The van der Waals surface area contributed by atoms with Gasteiger partial charge in [-0.25, -0.2) is 0 Å². The van der Waals surface area contributed by atoms with Crippen LogP contribution in [0.2, 0.25) is 0 Å². The number of likely N-dealkylation sites (tertiary alicyclic amines) is 1. The molecular formula is C18H22N2O. The number of pyridine rings is 1. The van der Waals surface area contributed by atoms with Crippen LogP contribution in [0.4, 0.5) is 0 Å². The lowest BCUT2D eigenvalue weighted by molar-refractivity contribution is 0.175. The van der Waals surface area contributed by atoms with E-state index in [4.69, 9.17) is 0 Å². The molecule has 0 unspecified atom stereocenters. The zero-order valence-corrected chi connectivity index (χ0v) is 12.5. The molecular weight excluding hydrogens is 260 g/mol. The van der Waals surface area contributed by atoms with Crippen molar-refractivity contribution in [3.63, 3.8) is 0 Å². The quantitative estimate of drug-likeness (QED) is 0.932. The van der Waals surface area contributed by atoms with Crippen molar-refractivity contribution >= 4 is 0 Å². The molecule has 1 aliphatic rings. The SMILES string of the molecule is C[C@@H]1CCCN(Cc2cc(-c3cccnc3)ccc2O)C1. The van der Waals surface area contributed by atoms with Gasteiger partial charge >= 0.3 is 0 Å². The lowest BCUT2D eigenvalue weighted by Crippen LogP contribution is -2.33. The number of hydrogen-bond donors (Lipinski definition) is 1.